The minimum Gasteiger partial charge on any atom is -0.501 e. The van der Waals surface area contributed by atoms with Gasteiger partial charge in [-0.3, -0.25) is 0 Å². The van der Waals surface area contributed by atoms with Crippen molar-refractivity contribution in [2.24, 2.45) is 5.41 Å². The van der Waals surface area contributed by atoms with Gasteiger partial charge in [0.2, 0.25) is 0 Å². The number of furan rings is 1. The van der Waals surface area contributed by atoms with E-state index in [1.165, 1.54) is 42.7 Å². The van der Waals surface area contributed by atoms with Crippen LogP contribution in [-0.4, -0.2) is 9.97 Å². The predicted octanol–water partition coefficient (Wildman–Crippen LogP) is 12.9. The van der Waals surface area contributed by atoms with Crippen LogP contribution in [0.5, 0.6) is 0 Å². The molecule has 7 aromatic rings. The zero-order valence-corrected chi connectivity index (χ0v) is 30.6. The number of hydrogen-bond acceptors (Lipinski definition) is 3. The van der Waals surface area contributed by atoms with Gasteiger partial charge >= 0.3 is 0 Å². The van der Waals surface area contributed by atoms with Crippen molar-refractivity contribution in [1.82, 2.24) is 9.97 Å². The molecule has 0 amide bonds. The second kappa shape index (κ2) is 15.1. The van der Waals surface area contributed by atoms with Crippen LogP contribution in [0, 0.1) is 51.8 Å². The Morgan fingerprint density at radius 1 is 0.745 bits per heavy atom. The molecule has 1 aliphatic rings. The molecule has 0 unspecified atom stereocenters. The summed E-state index contributed by atoms with van der Waals surface area (Å²) in [6.07, 6.45) is 5.29. The van der Waals surface area contributed by atoms with Crippen molar-refractivity contribution in [3.63, 3.8) is 0 Å². The van der Waals surface area contributed by atoms with Crippen LogP contribution in [0.25, 0.3) is 55.6 Å². The molecule has 0 spiro atoms. The maximum atomic E-state index is 9.30. The van der Waals surface area contributed by atoms with Gasteiger partial charge in [0.05, 0.1) is 5.58 Å². The maximum absolute atomic E-state index is 9.30. The Labute approximate surface area is 339 Å². The van der Waals surface area contributed by atoms with Gasteiger partial charge in [-0.15, -0.1) is 53.1 Å². The molecule has 4 heteroatoms. The van der Waals surface area contributed by atoms with Crippen molar-refractivity contribution < 1.29 is 46.5 Å². The van der Waals surface area contributed by atoms with E-state index in [1.54, 1.807) is 36.4 Å². The van der Waals surface area contributed by atoms with Crippen molar-refractivity contribution in [2.75, 3.05) is 0 Å². The molecule has 0 saturated heterocycles. The summed E-state index contributed by atoms with van der Waals surface area (Å²) in [4.78, 5) is 8.68. The molecule has 1 aliphatic carbocycles. The summed E-state index contributed by atoms with van der Waals surface area (Å²) in [6, 6.07) is 28.4. The molecule has 51 heavy (non-hydrogen) atoms. The van der Waals surface area contributed by atoms with E-state index in [0.717, 1.165) is 12.8 Å². The van der Waals surface area contributed by atoms with E-state index in [0.29, 0.717) is 62.9 Å². The van der Waals surface area contributed by atoms with Gasteiger partial charge in [0.25, 0.3) is 0 Å². The predicted molar refractivity (Wildman–Crippen MR) is 208 cm³/mol. The number of hydrogen-bond donors (Lipinski definition) is 0. The Balaban J connectivity index is 0.000000222. The fourth-order valence-corrected chi connectivity index (χ4v) is 6.47. The first kappa shape index (κ1) is 21.2. The molecule has 0 aliphatic heterocycles. The van der Waals surface area contributed by atoms with Gasteiger partial charge in [0, 0.05) is 59.8 Å². The summed E-state index contributed by atoms with van der Waals surface area (Å²) >= 11 is 0. The van der Waals surface area contributed by atoms with Crippen molar-refractivity contribution in [3.8, 4) is 33.6 Å². The number of pyridine rings is 2. The van der Waals surface area contributed by atoms with Crippen molar-refractivity contribution in [3.05, 3.63) is 143 Å². The molecule has 0 bridgehead atoms. The summed E-state index contributed by atoms with van der Waals surface area (Å²) < 4.78 is 133. The van der Waals surface area contributed by atoms with E-state index >= 15 is 0 Å². The molecule has 3 heterocycles. The first-order valence-corrected chi connectivity index (χ1v) is 16.5. The van der Waals surface area contributed by atoms with Gasteiger partial charge in [0.1, 0.15) is 5.58 Å². The molecule has 1 saturated carbocycles. The SMILES string of the molecule is [2H]C([2H])([2H])c1c[c-]c(-c2cc(-c3ccccc3C([2H])([2H])[2H])c(C([2H])([2H])[2H])cn2)cc1.[2H]C([2H])([2H])c1cnc(-c2[c-]cc(C([2H])([2H])[2H])c3c2oc2ccccc23)cc1C1([2H])CCC(C)(C)CC1.[Ir]. The van der Waals surface area contributed by atoms with E-state index in [2.05, 4.69) is 35.9 Å². The van der Waals surface area contributed by atoms with E-state index in [4.69, 9.17) is 25.0 Å². The number of aromatic nitrogens is 2. The summed E-state index contributed by atoms with van der Waals surface area (Å²) in [5, 5.41) is 1.15. The quantitative estimate of drug-likeness (QED) is 0.166. The van der Waals surface area contributed by atoms with E-state index in [-0.39, 0.29) is 64.5 Å². The Kier molecular flexibility index (Phi) is 6.28. The molecule has 4 aromatic carbocycles. The molecule has 261 valence electrons. The number of para-hydroxylation sites is 1. The third kappa shape index (κ3) is 7.64. The van der Waals surface area contributed by atoms with Gasteiger partial charge in [-0.05, 0) is 108 Å². The molecule has 1 radical (unpaired) electrons. The normalized spacial score (nSPS) is 20.7. The maximum Gasteiger partial charge on any atom is 0.120 e. The van der Waals surface area contributed by atoms with Crippen molar-refractivity contribution >= 4 is 21.9 Å². The summed E-state index contributed by atoms with van der Waals surface area (Å²) in [7, 11) is 0. The van der Waals surface area contributed by atoms with Gasteiger partial charge in [-0.1, -0.05) is 93.1 Å². The Hall–Kier alpha value is -4.37. The molecular formula is C47H46IrN2O-2. The fourth-order valence-electron chi connectivity index (χ4n) is 6.47. The van der Waals surface area contributed by atoms with E-state index < -0.39 is 40.2 Å². The van der Waals surface area contributed by atoms with Gasteiger partial charge in [0.15, 0.2) is 0 Å². The average molecular weight is 863 g/mol. The standard InChI is InChI=1S/C27H28NO.C20H18N.Ir/c1-17-9-10-20(26-25(17)21-7-5-6-8-24(21)29-26)23-15-22(18(2)16-28-23)19-11-13-27(3,4)14-12-19;1-14-8-10-17(11-9-14)20-12-19(16(3)13-21-20)18-7-5-4-6-15(18)2;/h5-9,15-16,19H,11-14H2,1-4H3;4-10,12-13H,1-3H3;/q2*-1;/i1D3,2D3,19D;1D3,2D3,3D3;. The number of rotatable bonds is 4. The minimum atomic E-state index is -2.50. The topological polar surface area (TPSA) is 38.9 Å². The monoisotopic (exact) mass is 863 g/mol. The number of benzene rings is 4. The molecule has 8 rings (SSSR count). The van der Waals surface area contributed by atoms with Crippen LogP contribution in [0.15, 0.2) is 102 Å². The van der Waals surface area contributed by atoms with E-state index in [9.17, 15) is 1.37 Å². The second-order valence-corrected chi connectivity index (χ2v) is 13.4. The largest absolute Gasteiger partial charge is 0.501 e. The van der Waals surface area contributed by atoms with Crippen molar-refractivity contribution in [2.45, 2.75) is 79.7 Å². The van der Waals surface area contributed by atoms with Crippen LogP contribution >= 0.6 is 0 Å². The molecule has 1 fully saturated rings. The first-order chi connectivity index (χ1) is 30.5. The number of nitrogens with zero attached hydrogens (tertiary/aromatic N) is 2. The molecule has 3 nitrogen and oxygen atoms in total. The summed E-state index contributed by atoms with van der Waals surface area (Å²) in [5.74, 6) is -1.05. The number of fused-ring (bicyclic) bond motifs is 3. The van der Waals surface area contributed by atoms with Crippen LogP contribution in [0.2, 0.25) is 0 Å². The minimum absolute atomic E-state index is 0. The molecule has 3 aromatic heterocycles. The van der Waals surface area contributed by atoms with Crippen LogP contribution in [-0.2, 0) is 20.1 Å². The van der Waals surface area contributed by atoms with Crippen LogP contribution in [0.3, 0.4) is 0 Å². The van der Waals surface area contributed by atoms with Crippen LogP contribution in [0.4, 0.5) is 0 Å². The van der Waals surface area contributed by atoms with Gasteiger partial charge in [-0.2, -0.15) is 0 Å². The van der Waals surface area contributed by atoms with Crippen LogP contribution < -0.4 is 0 Å². The molecular weight excluding hydrogens is 801 g/mol. The van der Waals surface area contributed by atoms with Crippen LogP contribution in [0.1, 0.15) is 101 Å². The Morgan fingerprint density at radius 3 is 2.25 bits per heavy atom. The zero-order valence-electron chi connectivity index (χ0n) is 44.2. The zero-order chi connectivity index (χ0) is 48.4. The van der Waals surface area contributed by atoms with Crippen molar-refractivity contribution in [1.29, 1.82) is 0 Å². The molecule has 0 atom stereocenters. The summed E-state index contributed by atoms with van der Waals surface area (Å²) in [5.41, 5.74) is 3.96. The second-order valence-electron chi connectivity index (χ2n) is 13.4. The fraction of sp³-hybridized carbons (Fsp3) is 0.277. The molecule has 0 N–H and O–H groups in total. The summed E-state index contributed by atoms with van der Waals surface area (Å²) in [6.45, 7) is -7.63. The van der Waals surface area contributed by atoms with Gasteiger partial charge < -0.3 is 14.4 Å². The first-order valence-electron chi connectivity index (χ1n) is 24.5. The van der Waals surface area contributed by atoms with Gasteiger partial charge in [-0.25, -0.2) is 0 Å². The Bertz CT molecular complexity index is 2900. The van der Waals surface area contributed by atoms with E-state index in [1.807, 2.05) is 18.2 Å². The number of aryl methyl sites for hydroxylation is 5. The average Bonchev–Trinajstić information content (AvgIpc) is 3.62. The third-order valence-electron chi connectivity index (χ3n) is 9.41. The Morgan fingerprint density at radius 2 is 1.49 bits per heavy atom. The smallest absolute Gasteiger partial charge is 0.120 e. The third-order valence-corrected chi connectivity index (χ3v) is 9.41.